The summed E-state index contributed by atoms with van der Waals surface area (Å²) in [6.45, 7) is 4.77. The number of rotatable bonds is 6. The van der Waals surface area contributed by atoms with Crippen LogP contribution in [0.15, 0.2) is 0 Å². The summed E-state index contributed by atoms with van der Waals surface area (Å²) in [5, 5.41) is 9.74. The van der Waals surface area contributed by atoms with E-state index in [4.69, 9.17) is 10.5 Å². The van der Waals surface area contributed by atoms with Gasteiger partial charge in [-0.1, -0.05) is 0 Å². The van der Waals surface area contributed by atoms with Crippen LogP contribution in [0.4, 0.5) is 4.79 Å². The van der Waals surface area contributed by atoms with Crippen molar-refractivity contribution >= 4 is 6.09 Å². The molecule has 3 N–H and O–H groups in total. The van der Waals surface area contributed by atoms with Gasteiger partial charge < -0.3 is 20.3 Å². The van der Waals surface area contributed by atoms with Crippen molar-refractivity contribution in [1.29, 1.82) is 0 Å². The molecular weight excluding hydrogens is 226 g/mol. The minimum absolute atomic E-state index is 0.0760. The molecule has 1 unspecified atom stereocenters. The topological polar surface area (TPSA) is 88.3 Å². The summed E-state index contributed by atoms with van der Waals surface area (Å²) in [5.41, 5.74) is 4.83. The van der Waals surface area contributed by atoms with Crippen molar-refractivity contribution in [2.45, 2.75) is 6.23 Å². The second-order valence-corrected chi connectivity index (χ2v) is 3.98. The lowest BCUT2D eigenvalue weighted by atomic mass is 10.3. The van der Waals surface area contributed by atoms with Crippen LogP contribution in [0.3, 0.4) is 0 Å². The monoisotopic (exact) mass is 247 g/mol. The number of aliphatic hydroxyl groups excluding tert-OH is 1. The number of aliphatic hydroxyl groups is 1. The van der Waals surface area contributed by atoms with E-state index in [0.717, 1.165) is 32.7 Å². The molecule has 0 aliphatic carbocycles. The normalized spacial score (nSPS) is 20.1. The molecule has 100 valence electrons. The first kappa shape index (κ1) is 14.2. The fourth-order valence-electron chi connectivity index (χ4n) is 1.77. The maximum absolute atomic E-state index is 10.4. The Balaban J connectivity index is 2.19. The number of primary amides is 1. The maximum Gasteiger partial charge on any atom is 0.404 e. The van der Waals surface area contributed by atoms with Crippen LogP contribution >= 0.6 is 0 Å². The van der Waals surface area contributed by atoms with E-state index in [1.54, 1.807) is 7.11 Å². The van der Waals surface area contributed by atoms with Gasteiger partial charge in [0.1, 0.15) is 12.8 Å². The summed E-state index contributed by atoms with van der Waals surface area (Å²) in [6.07, 6.45) is -1.63. The first-order chi connectivity index (χ1) is 8.13. The molecule has 0 aromatic carbocycles. The van der Waals surface area contributed by atoms with Crippen molar-refractivity contribution in [1.82, 2.24) is 9.80 Å². The van der Waals surface area contributed by atoms with Gasteiger partial charge in [0, 0.05) is 39.8 Å². The fourth-order valence-corrected chi connectivity index (χ4v) is 1.77. The van der Waals surface area contributed by atoms with Crippen molar-refractivity contribution in [3.05, 3.63) is 0 Å². The number of methoxy groups -OCH3 is 1. The van der Waals surface area contributed by atoms with Gasteiger partial charge in [0.05, 0.1) is 6.61 Å². The van der Waals surface area contributed by atoms with Gasteiger partial charge >= 0.3 is 6.09 Å². The Morgan fingerprint density at radius 1 is 1.41 bits per heavy atom. The van der Waals surface area contributed by atoms with E-state index in [1.807, 2.05) is 4.90 Å². The van der Waals surface area contributed by atoms with Crippen LogP contribution in [0, 0.1) is 0 Å². The molecule has 1 amide bonds. The Labute approximate surface area is 101 Å². The van der Waals surface area contributed by atoms with Gasteiger partial charge in [-0.05, 0) is 0 Å². The van der Waals surface area contributed by atoms with Crippen LogP contribution in [-0.2, 0) is 9.47 Å². The zero-order chi connectivity index (χ0) is 12.7. The smallest absolute Gasteiger partial charge is 0.404 e. The van der Waals surface area contributed by atoms with E-state index in [1.165, 1.54) is 0 Å². The lowest BCUT2D eigenvalue weighted by Gasteiger charge is -2.36. The SMILES string of the molecule is COCCN1CCN(C(O)COC(N)=O)CC1. The molecule has 0 saturated carbocycles. The molecule has 1 aliphatic rings. The Bertz CT molecular complexity index is 232. The standard InChI is InChI=1S/C10H21N3O4/c1-16-7-6-12-2-4-13(5-3-12)9(14)8-17-10(11)15/h9,14H,2-8H2,1H3,(H2,11,15). The highest BCUT2D eigenvalue weighted by Crippen LogP contribution is 2.05. The second kappa shape index (κ2) is 7.44. The molecule has 0 aromatic heterocycles. The minimum Gasteiger partial charge on any atom is -0.445 e. The van der Waals surface area contributed by atoms with Crippen LogP contribution in [0.25, 0.3) is 0 Å². The lowest BCUT2D eigenvalue weighted by Crippen LogP contribution is -2.52. The number of hydrogen-bond donors (Lipinski definition) is 2. The molecule has 1 atom stereocenters. The molecule has 1 aliphatic heterocycles. The molecule has 7 heteroatoms. The van der Waals surface area contributed by atoms with Gasteiger partial charge in [-0.15, -0.1) is 0 Å². The Kier molecular flexibility index (Phi) is 6.20. The molecule has 0 bridgehead atoms. The third-order valence-electron chi connectivity index (χ3n) is 2.81. The quantitative estimate of drug-likeness (QED) is 0.604. The average Bonchev–Trinajstić information content (AvgIpc) is 2.34. The first-order valence-corrected chi connectivity index (χ1v) is 5.69. The second-order valence-electron chi connectivity index (χ2n) is 3.98. The summed E-state index contributed by atoms with van der Waals surface area (Å²) in [6, 6.07) is 0. The van der Waals surface area contributed by atoms with E-state index >= 15 is 0 Å². The molecule has 0 radical (unpaired) electrons. The van der Waals surface area contributed by atoms with Gasteiger partial charge in [-0.25, -0.2) is 4.79 Å². The highest BCUT2D eigenvalue weighted by atomic mass is 16.6. The number of nitrogens with two attached hydrogens (primary N) is 1. The average molecular weight is 247 g/mol. The fraction of sp³-hybridized carbons (Fsp3) is 0.900. The number of nitrogens with zero attached hydrogens (tertiary/aromatic N) is 2. The molecular formula is C10H21N3O4. The van der Waals surface area contributed by atoms with E-state index < -0.39 is 12.3 Å². The van der Waals surface area contributed by atoms with E-state index in [9.17, 15) is 9.90 Å². The third-order valence-corrected chi connectivity index (χ3v) is 2.81. The Morgan fingerprint density at radius 3 is 2.59 bits per heavy atom. The highest BCUT2D eigenvalue weighted by molar-refractivity contribution is 5.64. The Hall–Kier alpha value is -0.890. The number of carbonyl (C=O) groups is 1. The zero-order valence-electron chi connectivity index (χ0n) is 10.2. The van der Waals surface area contributed by atoms with Gasteiger partial charge in [-0.3, -0.25) is 9.80 Å². The minimum atomic E-state index is -0.859. The summed E-state index contributed by atoms with van der Waals surface area (Å²) >= 11 is 0. The Morgan fingerprint density at radius 2 is 2.06 bits per heavy atom. The van der Waals surface area contributed by atoms with Gasteiger partial charge in [0.15, 0.2) is 0 Å². The molecule has 0 aromatic rings. The third kappa shape index (κ3) is 5.31. The number of piperazine rings is 1. The van der Waals surface area contributed by atoms with Gasteiger partial charge in [0.2, 0.25) is 0 Å². The summed E-state index contributed by atoms with van der Waals surface area (Å²) in [4.78, 5) is 14.5. The van der Waals surface area contributed by atoms with Crippen molar-refractivity contribution in [2.24, 2.45) is 5.73 Å². The summed E-state index contributed by atoms with van der Waals surface area (Å²) in [7, 11) is 1.68. The lowest BCUT2D eigenvalue weighted by molar-refractivity contribution is -0.0586. The zero-order valence-corrected chi connectivity index (χ0v) is 10.2. The molecule has 1 saturated heterocycles. The van der Waals surface area contributed by atoms with Crippen molar-refractivity contribution in [3.8, 4) is 0 Å². The van der Waals surface area contributed by atoms with Crippen molar-refractivity contribution < 1.29 is 19.4 Å². The molecule has 0 spiro atoms. The van der Waals surface area contributed by atoms with Crippen LogP contribution in [0.2, 0.25) is 0 Å². The van der Waals surface area contributed by atoms with Gasteiger partial charge in [0.25, 0.3) is 0 Å². The van der Waals surface area contributed by atoms with Crippen LogP contribution < -0.4 is 5.73 Å². The predicted octanol–water partition coefficient (Wildman–Crippen LogP) is -1.34. The molecule has 1 rings (SSSR count). The summed E-state index contributed by atoms with van der Waals surface area (Å²) < 4.78 is 9.57. The molecule has 1 fully saturated rings. The van der Waals surface area contributed by atoms with Crippen molar-refractivity contribution in [3.63, 3.8) is 0 Å². The number of amides is 1. The maximum atomic E-state index is 10.4. The van der Waals surface area contributed by atoms with E-state index in [-0.39, 0.29) is 6.61 Å². The molecule has 17 heavy (non-hydrogen) atoms. The number of hydrogen-bond acceptors (Lipinski definition) is 6. The van der Waals surface area contributed by atoms with E-state index in [2.05, 4.69) is 9.64 Å². The van der Waals surface area contributed by atoms with Crippen LogP contribution in [0.5, 0.6) is 0 Å². The number of carbonyl (C=O) groups excluding carboxylic acids is 1. The first-order valence-electron chi connectivity index (χ1n) is 5.69. The van der Waals surface area contributed by atoms with Crippen LogP contribution in [-0.4, -0.2) is 80.3 Å². The van der Waals surface area contributed by atoms with E-state index in [0.29, 0.717) is 6.61 Å². The van der Waals surface area contributed by atoms with Crippen molar-refractivity contribution in [2.75, 3.05) is 53.0 Å². The van der Waals surface area contributed by atoms with Crippen LogP contribution in [0.1, 0.15) is 0 Å². The molecule has 7 nitrogen and oxygen atoms in total. The largest absolute Gasteiger partial charge is 0.445 e. The molecule has 1 heterocycles. The number of ether oxygens (including phenoxy) is 2. The predicted molar refractivity (Wildman–Crippen MR) is 61.4 cm³/mol. The van der Waals surface area contributed by atoms with Gasteiger partial charge in [-0.2, -0.15) is 0 Å². The summed E-state index contributed by atoms with van der Waals surface area (Å²) in [5.74, 6) is 0. The highest BCUT2D eigenvalue weighted by Gasteiger charge is 2.22.